The molecule has 0 aliphatic rings. The summed E-state index contributed by atoms with van der Waals surface area (Å²) < 4.78 is 10.3. The van der Waals surface area contributed by atoms with E-state index in [9.17, 15) is 0 Å². The Bertz CT molecular complexity index is 267. The number of thiocarbonyl (C=S) groups is 1. The maximum Gasteiger partial charge on any atom is 1.00 e. The van der Waals surface area contributed by atoms with Gasteiger partial charge < -0.3 is 34.3 Å². The third-order valence-corrected chi connectivity index (χ3v) is 1.55. The van der Waals surface area contributed by atoms with E-state index in [4.69, 9.17) is 9.47 Å². The summed E-state index contributed by atoms with van der Waals surface area (Å²) in [5, 5.41) is 0. The van der Waals surface area contributed by atoms with Crippen LogP contribution < -0.4 is 34.3 Å². The van der Waals surface area contributed by atoms with Crippen LogP contribution in [0.25, 0.3) is 0 Å². The number of rotatable bonds is 4. The molecule has 2 nitrogen and oxygen atoms in total. The molecule has 70 valence electrons. The molecule has 0 saturated carbocycles. The van der Waals surface area contributed by atoms with E-state index < -0.39 is 0 Å². The zero-order valence-electron chi connectivity index (χ0n) is 7.93. The van der Waals surface area contributed by atoms with E-state index in [1.54, 1.807) is 0 Å². The van der Waals surface area contributed by atoms with Gasteiger partial charge in [0.25, 0.3) is 0 Å². The Kier molecular flexibility index (Phi) is 8.52. The average molecular weight is 236 g/mol. The largest absolute Gasteiger partial charge is 1.00 e. The summed E-state index contributed by atoms with van der Waals surface area (Å²) in [4.78, 5) is 0. The van der Waals surface area contributed by atoms with Gasteiger partial charge in [-0.15, -0.1) is 0 Å². The number of hydrogen-bond acceptors (Lipinski definition) is 4. The molecule has 0 radical (unpaired) electrons. The van der Waals surface area contributed by atoms with Gasteiger partial charge in [0.1, 0.15) is 19.0 Å². The fourth-order valence-corrected chi connectivity index (χ4v) is 0.968. The van der Waals surface area contributed by atoms with Crippen molar-refractivity contribution in [3.63, 3.8) is 0 Å². The Labute approximate surface area is 117 Å². The first-order valence-electron chi connectivity index (χ1n) is 3.80. The second-order valence-corrected chi connectivity index (χ2v) is 3.26. The van der Waals surface area contributed by atoms with Crippen molar-refractivity contribution in [2.45, 2.75) is 0 Å². The van der Waals surface area contributed by atoms with Crippen LogP contribution in [0.4, 0.5) is 0 Å². The third kappa shape index (κ3) is 6.56. The van der Waals surface area contributed by atoms with Gasteiger partial charge in [0, 0.05) is 4.38 Å². The Morgan fingerprint density at radius 3 is 2.43 bits per heavy atom. The first kappa shape index (κ1) is 14.1. The molecule has 1 rings (SSSR count). The molecule has 1 aromatic carbocycles. The first-order chi connectivity index (χ1) is 6.29. The Morgan fingerprint density at radius 2 is 1.86 bits per heavy atom. The molecule has 0 aliphatic carbocycles. The van der Waals surface area contributed by atoms with Gasteiger partial charge in [-0.25, -0.2) is 0 Å². The van der Waals surface area contributed by atoms with Crippen LogP contribution in [-0.2, 0) is 17.4 Å². The summed E-state index contributed by atoms with van der Waals surface area (Å²) in [6.07, 6.45) is 0. The molecule has 0 saturated heterocycles. The number of hydrogen-bond donors (Lipinski definition) is 0. The Morgan fingerprint density at radius 1 is 1.21 bits per heavy atom. The molecule has 0 spiro atoms. The molecule has 0 amide bonds. The molecular formula is C9H9NaO2S2. The molecule has 0 atom stereocenters. The third-order valence-electron chi connectivity index (χ3n) is 1.32. The van der Waals surface area contributed by atoms with Crippen LogP contribution in [0.1, 0.15) is 0 Å². The van der Waals surface area contributed by atoms with Gasteiger partial charge in [0.05, 0.1) is 0 Å². The summed E-state index contributed by atoms with van der Waals surface area (Å²) in [5.74, 6) is 0.821. The number of para-hydroxylation sites is 1. The van der Waals surface area contributed by atoms with Gasteiger partial charge in [0.2, 0.25) is 0 Å². The minimum atomic E-state index is 0. The molecule has 5 heteroatoms. The summed E-state index contributed by atoms with van der Waals surface area (Å²) in [6.45, 7) is 0.859. The summed E-state index contributed by atoms with van der Waals surface area (Å²) in [6, 6.07) is 9.52. The van der Waals surface area contributed by atoms with Crippen LogP contribution in [0, 0.1) is 0 Å². The zero-order valence-corrected chi connectivity index (χ0v) is 11.6. The maximum atomic E-state index is 5.33. The van der Waals surface area contributed by atoms with Crippen molar-refractivity contribution >= 4 is 29.2 Å². The molecule has 0 unspecified atom stereocenters. The van der Waals surface area contributed by atoms with Crippen LogP contribution in [0.5, 0.6) is 5.75 Å². The number of benzene rings is 1. The zero-order chi connectivity index (χ0) is 9.52. The molecule has 0 fully saturated rings. The maximum absolute atomic E-state index is 5.33. The van der Waals surface area contributed by atoms with Crippen LogP contribution in [0.3, 0.4) is 0 Å². The van der Waals surface area contributed by atoms with Gasteiger partial charge in [-0.2, -0.15) is 0 Å². The average Bonchev–Trinajstić information content (AvgIpc) is 2.14. The molecule has 0 N–H and O–H groups in total. The van der Waals surface area contributed by atoms with E-state index in [-0.39, 0.29) is 33.9 Å². The van der Waals surface area contributed by atoms with Crippen molar-refractivity contribution < 1.29 is 39.0 Å². The number of ether oxygens (including phenoxy) is 2. The van der Waals surface area contributed by atoms with E-state index in [1.165, 1.54) is 0 Å². The summed E-state index contributed by atoms with van der Waals surface area (Å²) in [5.41, 5.74) is 0. The van der Waals surface area contributed by atoms with Crippen LogP contribution in [-0.4, -0.2) is 17.6 Å². The standard InChI is InChI=1S/C9H10O2S2.Na/c12-9(13)11-7-6-10-8-4-2-1-3-5-8;/h1-5H,6-7H2,(H,12,13);/q;+1/p-1. The van der Waals surface area contributed by atoms with E-state index in [0.29, 0.717) is 13.2 Å². The van der Waals surface area contributed by atoms with Crippen LogP contribution in [0.15, 0.2) is 30.3 Å². The van der Waals surface area contributed by atoms with Gasteiger partial charge >= 0.3 is 29.6 Å². The summed E-state index contributed by atoms with van der Waals surface area (Å²) >= 11 is 9.13. The van der Waals surface area contributed by atoms with Crippen molar-refractivity contribution in [1.29, 1.82) is 0 Å². The normalized spacial score (nSPS) is 8.57. The molecule has 0 bridgehead atoms. The molecule has 1 aromatic rings. The van der Waals surface area contributed by atoms with E-state index in [1.807, 2.05) is 30.3 Å². The monoisotopic (exact) mass is 236 g/mol. The fraction of sp³-hybridized carbons (Fsp3) is 0.222. The van der Waals surface area contributed by atoms with Gasteiger partial charge in [0.15, 0.2) is 0 Å². The van der Waals surface area contributed by atoms with Crippen molar-refractivity contribution in [3.8, 4) is 5.75 Å². The predicted molar refractivity (Wildman–Crippen MR) is 57.9 cm³/mol. The second-order valence-electron chi connectivity index (χ2n) is 2.26. The topological polar surface area (TPSA) is 18.5 Å². The van der Waals surface area contributed by atoms with E-state index >= 15 is 0 Å². The van der Waals surface area contributed by atoms with Gasteiger partial charge in [-0.3, -0.25) is 0 Å². The van der Waals surface area contributed by atoms with Crippen molar-refractivity contribution in [1.82, 2.24) is 0 Å². The minimum absolute atomic E-state index is 0. The SMILES string of the molecule is S=C([S-])OCCOc1ccccc1.[Na+]. The fourth-order valence-electron chi connectivity index (χ4n) is 0.801. The van der Waals surface area contributed by atoms with Crippen LogP contribution >= 0.6 is 12.2 Å². The van der Waals surface area contributed by atoms with Crippen molar-refractivity contribution in [3.05, 3.63) is 30.3 Å². The van der Waals surface area contributed by atoms with Gasteiger partial charge in [-0.05, 0) is 12.1 Å². The van der Waals surface area contributed by atoms with Crippen molar-refractivity contribution in [2.24, 2.45) is 0 Å². The minimum Gasteiger partial charge on any atom is -0.510 e. The van der Waals surface area contributed by atoms with Crippen molar-refractivity contribution in [2.75, 3.05) is 13.2 Å². The van der Waals surface area contributed by atoms with Gasteiger partial charge in [-0.1, -0.05) is 18.2 Å². The Balaban J connectivity index is 0.00000169. The molecule has 0 aromatic heterocycles. The molecule has 14 heavy (non-hydrogen) atoms. The molecule has 0 aliphatic heterocycles. The van der Waals surface area contributed by atoms with E-state index in [0.717, 1.165) is 5.75 Å². The molecule has 0 heterocycles. The Hall–Kier alpha value is 0.130. The van der Waals surface area contributed by atoms with Crippen LogP contribution in [0.2, 0.25) is 0 Å². The summed E-state index contributed by atoms with van der Waals surface area (Å²) in [7, 11) is 0. The second kappa shape index (κ2) is 8.44. The first-order valence-corrected chi connectivity index (χ1v) is 4.62. The smallest absolute Gasteiger partial charge is 0.510 e. The quantitative estimate of drug-likeness (QED) is 0.286. The van der Waals surface area contributed by atoms with E-state index in [2.05, 4.69) is 24.8 Å². The predicted octanol–water partition coefficient (Wildman–Crippen LogP) is -1.08. The molecular weight excluding hydrogens is 227 g/mol.